The van der Waals surface area contributed by atoms with Gasteiger partial charge in [0, 0.05) is 31.1 Å². The SMILES string of the molecule is Cl.NCCCC(=O)N1CCCCC1CNC(=O)c1ccccc1. The summed E-state index contributed by atoms with van der Waals surface area (Å²) in [5, 5.41) is 2.95. The second-order valence-electron chi connectivity index (χ2n) is 5.71. The van der Waals surface area contributed by atoms with Crippen LogP contribution in [0.4, 0.5) is 0 Å². The zero-order valence-electron chi connectivity index (χ0n) is 13.4. The fourth-order valence-electron chi connectivity index (χ4n) is 2.84. The molecule has 0 aliphatic carbocycles. The van der Waals surface area contributed by atoms with E-state index in [9.17, 15) is 9.59 Å². The highest BCUT2D eigenvalue weighted by Crippen LogP contribution is 2.18. The molecule has 1 aliphatic rings. The molecule has 2 rings (SSSR count). The third-order valence-electron chi connectivity index (χ3n) is 4.08. The number of halogens is 1. The molecule has 1 unspecified atom stereocenters. The lowest BCUT2D eigenvalue weighted by Crippen LogP contribution is -2.49. The first-order valence-corrected chi connectivity index (χ1v) is 8.05. The van der Waals surface area contributed by atoms with Crippen molar-refractivity contribution in [2.24, 2.45) is 5.73 Å². The average molecular weight is 340 g/mol. The largest absolute Gasteiger partial charge is 0.350 e. The average Bonchev–Trinajstić information content (AvgIpc) is 2.58. The highest BCUT2D eigenvalue weighted by atomic mass is 35.5. The van der Waals surface area contributed by atoms with Crippen molar-refractivity contribution in [2.75, 3.05) is 19.6 Å². The van der Waals surface area contributed by atoms with E-state index in [1.54, 1.807) is 12.1 Å². The van der Waals surface area contributed by atoms with Gasteiger partial charge in [0.1, 0.15) is 0 Å². The predicted molar refractivity (Wildman–Crippen MR) is 93.7 cm³/mol. The summed E-state index contributed by atoms with van der Waals surface area (Å²) < 4.78 is 0. The van der Waals surface area contributed by atoms with E-state index in [0.29, 0.717) is 25.1 Å². The van der Waals surface area contributed by atoms with Gasteiger partial charge in [-0.25, -0.2) is 0 Å². The zero-order valence-corrected chi connectivity index (χ0v) is 14.2. The maximum absolute atomic E-state index is 12.2. The van der Waals surface area contributed by atoms with Gasteiger partial charge in [0.05, 0.1) is 0 Å². The Kier molecular flexibility index (Phi) is 8.66. The second kappa shape index (κ2) is 10.2. The molecule has 1 aliphatic heterocycles. The summed E-state index contributed by atoms with van der Waals surface area (Å²) in [6, 6.07) is 9.26. The summed E-state index contributed by atoms with van der Waals surface area (Å²) in [6.07, 6.45) is 4.31. The van der Waals surface area contributed by atoms with Crippen molar-refractivity contribution in [2.45, 2.75) is 38.1 Å². The Morgan fingerprint density at radius 2 is 1.96 bits per heavy atom. The van der Waals surface area contributed by atoms with Crippen LogP contribution in [-0.2, 0) is 4.79 Å². The molecule has 3 N–H and O–H groups in total. The molecule has 1 aromatic rings. The molecular weight excluding hydrogens is 314 g/mol. The number of nitrogens with one attached hydrogen (secondary N) is 1. The van der Waals surface area contributed by atoms with Crippen molar-refractivity contribution >= 4 is 24.2 Å². The molecule has 1 atom stereocenters. The van der Waals surface area contributed by atoms with Gasteiger partial charge in [-0.05, 0) is 44.4 Å². The summed E-state index contributed by atoms with van der Waals surface area (Å²) in [6.45, 7) is 1.84. The molecule has 1 aromatic carbocycles. The number of amides is 2. The summed E-state index contributed by atoms with van der Waals surface area (Å²) in [5.74, 6) is 0.0737. The van der Waals surface area contributed by atoms with E-state index in [4.69, 9.17) is 5.73 Å². The van der Waals surface area contributed by atoms with Crippen molar-refractivity contribution in [3.05, 3.63) is 35.9 Å². The number of hydrogen-bond acceptors (Lipinski definition) is 3. The van der Waals surface area contributed by atoms with Crippen LogP contribution in [0.25, 0.3) is 0 Å². The Labute approximate surface area is 144 Å². The van der Waals surface area contributed by atoms with Gasteiger partial charge in [0.2, 0.25) is 5.91 Å². The zero-order chi connectivity index (χ0) is 15.8. The van der Waals surface area contributed by atoms with Crippen LogP contribution in [0.5, 0.6) is 0 Å². The van der Waals surface area contributed by atoms with E-state index in [2.05, 4.69) is 5.32 Å². The Morgan fingerprint density at radius 3 is 2.65 bits per heavy atom. The van der Waals surface area contributed by atoms with E-state index < -0.39 is 0 Å². The first kappa shape index (κ1) is 19.5. The first-order valence-electron chi connectivity index (χ1n) is 8.05. The molecule has 128 valence electrons. The van der Waals surface area contributed by atoms with Crippen LogP contribution in [0.3, 0.4) is 0 Å². The Bertz CT molecular complexity index is 496. The minimum absolute atomic E-state index is 0. The molecule has 23 heavy (non-hydrogen) atoms. The number of benzene rings is 1. The third kappa shape index (κ3) is 5.84. The van der Waals surface area contributed by atoms with Gasteiger partial charge in [-0.15, -0.1) is 12.4 Å². The van der Waals surface area contributed by atoms with Gasteiger partial charge in [-0.1, -0.05) is 18.2 Å². The highest BCUT2D eigenvalue weighted by Gasteiger charge is 2.26. The normalized spacial score (nSPS) is 17.3. The summed E-state index contributed by atoms with van der Waals surface area (Å²) in [7, 11) is 0. The van der Waals surface area contributed by atoms with Crippen molar-refractivity contribution in [3.63, 3.8) is 0 Å². The first-order chi connectivity index (χ1) is 10.7. The number of nitrogens with zero attached hydrogens (tertiary/aromatic N) is 1. The molecule has 1 heterocycles. The smallest absolute Gasteiger partial charge is 0.251 e. The number of carbonyl (C=O) groups is 2. The molecule has 0 spiro atoms. The number of rotatable bonds is 6. The number of hydrogen-bond donors (Lipinski definition) is 2. The van der Waals surface area contributed by atoms with Gasteiger partial charge in [0.25, 0.3) is 5.91 Å². The van der Waals surface area contributed by atoms with Gasteiger partial charge in [-0.2, -0.15) is 0 Å². The number of piperidine rings is 1. The van der Waals surface area contributed by atoms with E-state index in [1.807, 2.05) is 23.1 Å². The fourth-order valence-corrected chi connectivity index (χ4v) is 2.84. The van der Waals surface area contributed by atoms with Crippen LogP contribution in [-0.4, -0.2) is 42.4 Å². The van der Waals surface area contributed by atoms with Crippen molar-refractivity contribution in [1.82, 2.24) is 10.2 Å². The summed E-state index contributed by atoms with van der Waals surface area (Å²) in [5.41, 5.74) is 6.13. The van der Waals surface area contributed by atoms with E-state index in [1.165, 1.54) is 0 Å². The van der Waals surface area contributed by atoms with Gasteiger partial charge >= 0.3 is 0 Å². The molecule has 6 heteroatoms. The Balaban J connectivity index is 0.00000264. The topological polar surface area (TPSA) is 75.4 Å². The lowest BCUT2D eigenvalue weighted by atomic mass is 10.0. The van der Waals surface area contributed by atoms with E-state index in [-0.39, 0.29) is 30.3 Å². The number of nitrogens with two attached hydrogens (primary N) is 1. The summed E-state index contributed by atoms with van der Waals surface area (Å²) >= 11 is 0. The lowest BCUT2D eigenvalue weighted by molar-refractivity contribution is -0.134. The van der Waals surface area contributed by atoms with Crippen LogP contribution in [0.15, 0.2) is 30.3 Å². The maximum atomic E-state index is 12.2. The van der Waals surface area contributed by atoms with Crippen LogP contribution >= 0.6 is 12.4 Å². The van der Waals surface area contributed by atoms with Gasteiger partial charge in [0.15, 0.2) is 0 Å². The quantitative estimate of drug-likeness (QED) is 0.831. The molecule has 5 nitrogen and oxygen atoms in total. The molecular formula is C17H26ClN3O2. The van der Waals surface area contributed by atoms with Crippen LogP contribution in [0.2, 0.25) is 0 Å². The lowest BCUT2D eigenvalue weighted by Gasteiger charge is -2.36. The minimum Gasteiger partial charge on any atom is -0.350 e. The monoisotopic (exact) mass is 339 g/mol. The van der Waals surface area contributed by atoms with E-state index >= 15 is 0 Å². The van der Waals surface area contributed by atoms with Crippen LogP contribution in [0, 0.1) is 0 Å². The fraction of sp³-hybridized carbons (Fsp3) is 0.529. The molecule has 1 saturated heterocycles. The Hall–Kier alpha value is -1.59. The van der Waals surface area contributed by atoms with Crippen molar-refractivity contribution in [1.29, 1.82) is 0 Å². The van der Waals surface area contributed by atoms with Crippen LogP contribution in [0.1, 0.15) is 42.5 Å². The van der Waals surface area contributed by atoms with E-state index in [0.717, 1.165) is 32.2 Å². The minimum atomic E-state index is -0.0828. The molecule has 2 amide bonds. The number of carbonyl (C=O) groups excluding carboxylic acids is 2. The number of likely N-dealkylation sites (tertiary alicyclic amines) is 1. The molecule has 0 aromatic heterocycles. The van der Waals surface area contributed by atoms with Gasteiger partial charge < -0.3 is 16.0 Å². The highest BCUT2D eigenvalue weighted by molar-refractivity contribution is 5.94. The molecule has 1 fully saturated rings. The molecule has 0 radical (unpaired) electrons. The maximum Gasteiger partial charge on any atom is 0.251 e. The third-order valence-corrected chi connectivity index (χ3v) is 4.08. The van der Waals surface area contributed by atoms with Crippen molar-refractivity contribution in [3.8, 4) is 0 Å². The van der Waals surface area contributed by atoms with Gasteiger partial charge in [-0.3, -0.25) is 9.59 Å². The summed E-state index contributed by atoms with van der Waals surface area (Å²) in [4.78, 5) is 26.3. The molecule has 0 saturated carbocycles. The van der Waals surface area contributed by atoms with Crippen molar-refractivity contribution < 1.29 is 9.59 Å². The van der Waals surface area contributed by atoms with Crippen LogP contribution < -0.4 is 11.1 Å². The molecule has 0 bridgehead atoms. The Morgan fingerprint density at radius 1 is 1.22 bits per heavy atom. The predicted octanol–water partition coefficient (Wildman–Crippen LogP) is 1.96. The second-order valence-corrected chi connectivity index (χ2v) is 5.71. The standard InChI is InChI=1S/C17H25N3O2.ClH/c18-11-6-10-16(21)20-12-5-4-9-15(20)13-19-17(22)14-7-2-1-3-8-14;/h1-3,7-8,15H,4-6,9-13,18H2,(H,19,22);1H.